The van der Waals surface area contributed by atoms with Crippen LogP contribution in [0.1, 0.15) is 5.56 Å². The van der Waals surface area contributed by atoms with E-state index >= 15 is 0 Å². The highest BCUT2D eigenvalue weighted by Gasteiger charge is 2.05. The van der Waals surface area contributed by atoms with E-state index in [1.165, 1.54) is 0 Å². The Morgan fingerprint density at radius 2 is 1.84 bits per heavy atom. The van der Waals surface area contributed by atoms with Crippen LogP contribution in [0.2, 0.25) is 0 Å². The van der Waals surface area contributed by atoms with Gasteiger partial charge in [0, 0.05) is 29.9 Å². The number of hydrogen-bond donors (Lipinski definition) is 1. The summed E-state index contributed by atoms with van der Waals surface area (Å²) in [5.41, 5.74) is 1.83. The van der Waals surface area contributed by atoms with Gasteiger partial charge in [0.15, 0.2) is 0 Å². The summed E-state index contributed by atoms with van der Waals surface area (Å²) in [6, 6.07) is 20.8. The largest absolute Gasteiger partial charge is 0.457 e. The maximum atomic E-state index is 12.1. The van der Waals surface area contributed by atoms with Crippen LogP contribution in [0.4, 0.5) is 5.69 Å². The van der Waals surface area contributed by atoms with Crippen molar-refractivity contribution in [3.8, 4) is 11.5 Å². The van der Waals surface area contributed by atoms with E-state index in [4.69, 9.17) is 4.74 Å². The highest BCUT2D eigenvalue weighted by molar-refractivity contribution is 7.99. The van der Waals surface area contributed by atoms with Gasteiger partial charge in [0.05, 0.1) is 5.75 Å². The summed E-state index contributed by atoms with van der Waals surface area (Å²) in [5.74, 6) is 2.56. The van der Waals surface area contributed by atoms with E-state index in [1.807, 2.05) is 72.9 Å². The van der Waals surface area contributed by atoms with E-state index in [1.54, 1.807) is 18.0 Å². The van der Waals surface area contributed by atoms with Crippen LogP contribution >= 0.6 is 11.8 Å². The van der Waals surface area contributed by atoms with Crippen LogP contribution in [-0.2, 0) is 10.5 Å². The zero-order chi connectivity index (χ0) is 17.3. The number of carbonyl (C=O) groups is 1. The van der Waals surface area contributed by atoms with Gasteiger partial charge in [0.1, 0.15) is 11.5 Å². The summed E-state index contributed by atoms with van der Waals surface area (Å²) < 4.78 is 5.78. The van der Waals surface area contributed by atoms with E-state index in [-0.39, 0.29) is 5.91 Å². The molecule has 1 heterocycles. The maximum absolute atomic E-state index is 12.1. The van der Waals surface area contributed by atoms with Gasteiger partial charge in [-0.2, -0.15) is 0 Å². The molecule has 5 heteroatoms. The molecule has 3 aromatic rings. The molecule has 126 valence electrons. The molecule has 3 rings (SSSR count). The SMILES string of the molecule is O=C(CSCc1cccnc1)Nc1cccc(Oc2ccccc2)c1. The second-order valence-electron chi connectivity index (χ2n) is 5.35. The Hall–Kier alpha value is -2.79. The van der Waals surface area contributed by atoms with Gasteiger partial charge < -0.3 is 10.1 Å². The van der Waals surface area contributed by atoms with Crippen molar-refractivity contribution in [2.45, 2.75) is 5.75 Å². The molecule has 0 spiro atoms. The van der Waals surface area contributed by atoms with Crippen LogP contribution in [0.3, 0.4) is 0 Å². The fraction of sp³-hybridized carbons (Fsp3) is 0.100. The lowest BCUT2D eigenvalue weighted by Gasteiger charge is -2.09. The summed E-state index contributed by atoms with van der Waals surface area (Å²) in [6.45, 7) is 0. The minimum Gasteiger partial charge on any atom is -0.457 e. The quantitative estimate of drug-likeness (QED) is 0.668. The lowest BCUT2D eigenvalue weighted by molar-refractivity contribution is -0.113. The smallest absolute Gasteiger partial charge is 0.234 e. The third-order valence-corrected chi connectivity index (χ3v) is 4.33. The van der Waals surface area contributed by atoms with Gasteiger partial charge in [-0.05, 0) is 35.9 Å². The van der Waals surface area contributed by atoms with Gasteiger partial charge in [-0.3, -0.25) is 9.78 Å². The van der Waals surface area contributed by atoms with Crippen molar-refractivity contribution in [1.29, 1.82) is 0 Å². The molecule has 2 aromatic carbocycles. The average molecular weight is 350 g/mol. The molecular weight excluding hydrogens is 332 g/mol. The zero-order valence-corrected chi connectivity index (χ0v) is 14.4. The fourth-order valence-electron chi connectivity index (χ4n) is 2.20. The normalized spacial score (nSPS) is 10.2. The average Bonchev–Trinajstić information content (AvgIpc) is 2.64. The second kappa shape index (κ2) is 8.89. The van der Waals surface area contributed by atoms with E-state index < -0.39 is 0 Å². The number of thioether (sulfide) groups is 1. The molecule has 25 heavy (non-hydrogen) atoms. The number of hydrogen-bond acceptors (Lipinski definition) is 4. The molecule has 0 saturated heterocycles. The highest BCUT2D eigenvalue weighted by Crippen LogP contribution is 2.24. The number of nitrogens with zero attached hydrogens (tertiary/aromatic N) is 1. The third kappa shape index (κ3) is 5.65. The second-order valence-corrected chi connectivity index (χ2v) is 6.33. The van der Waals surface area contributed by atoms with Crippen molar-refractivity contribution in [2.75, 3.05) is 11.1 Å². The standard InChI is InChI=1S/C20H18N2O2S/c23-20(15-25-14-16-6-5-11-21-13-16)22-17-7-4-10-19(12-17)24-18-8-2-1-3-9-18/h1-13H,14-15H2,(H,22,23). The molecule has 0 bridgehead atoms. The molecule has 0 unspecified atom stereocenters. The first-order valence-corrected chi connectivity index (χ1v) is 9.04. The Labute approximate surface area is 151 Å². The van der Waals surface area contributed by atoms with Crippen molar-refractivity contribution in [3.63, 3.8) is 0 Å². The number of nitrogens with one attached hydrogen (secondary N) is 1. The van der Waals surface area contributed by atoms with Gasteiger partial charge in [-0.1, -0.05) is 30.3 Å². The number of amides is 1. The van der Waals surface area contributed by atoms with E-state index in [0.29, 0.717) is 11.5 Å². The van der Waals surface area contributed by atoms with Crippen LogP contribution in [0.5, 0.6) is 11.5 Å². The molecule has 0 radical (unpaired) electrons. The predicted octanol–water partition coefficient (Wildman–Crippen LogP) is 4.75. The number of anilines is 1. The topological polar surface area (TPSA) is 51.2 Å². The molecule has 0 aliphatic heterocycles. The summed E-state index contributed by atoms with van der Waals surface area (Å²) in [7, 11) is 0. The number of rotatable bonds is 7. The number of ether oxygens (including phenoxy) is 1. The van der Waals surface area contributed by atoms with Crippen LogP contribution in [0.25, 0.3) is 0 Å². The summed E-state index contributed by atoms with van der Waals surface area (Å²) >= 11 is 1.56. The maximum Gasteiger partial charge on any atom is 0.234 e. The molecular formula is C20H18N2O2S. The number of aromatic nitrogens is 1. The lowest BCUT2D eigenvalue weighted by Crippen LogP contribution is -2.14. The Morgan fingerprint density at radius 3 is 2.64 bits per heavy atom. The van der Waals surface area contributed by atoms with Crippen molar-refractivity contribution in [2.24, 2.45) is 0 Å². The highest BCUT2D eigenvalue weighted by atomic mass is 32.2. The Balaban J connectivity index is 1.50. The summed E-state index contributed by atoms with van der Waals surface area (Å²) in [6.07, 6.45) is 3.56. The lowest BCUT2D eigenvalue weighted by atomic mass is 10.3. The van der Waals surface area contributed by atoms with Crippen LogP contribution in [0.15, 0.2) is 79.1 Å². The molecule has 1 N–H and O–H groups in total. The molecule has 0 aliphatic rings. The zero-order valence-electron chi connectivity index (χ0n) is 13.6. The summed E-state index contributed by atoms with van der Waals surface area (Å²) in [4.78, 5) is 16.2. The van der Waals surface area contributed by atoms with Crippen LogP contribution < -0.4 is 10.1 Å². The number of pyridine rings is 1. The predicted molar refractivity (Wildman–Crippen MR) is 102 cm³/mol. The van der Waals surface area contributed by atoms with Crippen molar-refractivity contribution in [3.05, 3.63) is 84.7 Å². The van der Waals surface area contributed by atoms with Gasteiger partial charge in [0.25, 0.3) is 0 Å². The molecule has 0 fully saturated rings. The molecule has 0 aliphatic carbocycles. The Bertz CT molecular complexity index is 810. The van der Waals surface area contributed by atoms with E-state index in [2.05, 4.69) is 10.3 Å². The minimum absolute atomic E-state index is 0.0363. The number of para-hydroxylation sites is 1. The van der Waals surface area contributed by atoms with Crippen molar-refractivity contribution < 1.29 is 9.53 Å². The Kier molecular flexibility index (Phi) is 6.06. The van der Waals surface area contributed by atoms with Gasteiger partial charge in [0.2, 0.25) is 5.91 Å². The van der Waals surface area contributed by atoms with E-state index in [9.17, 15) is 4.79 Å². The van der Waals surface area contributed by atoms with Crippen molar-refractivity contribution in [1.82, 2.24) is 4.98 Å². The minimum atomic E-state index is -0.0363. The molecule has 1 amide bonds. The monoisotopic (exact) mass is 350 g/mol. The molecule has 0 atom stereocenters. The van der Waals surface area contributed by atoms with Crippen LogP contribution in [0, 0.1) is 0 Å². The van der Waals surface area contributed by atoms with Crippen molar-refractivity contribution >= 4 is 23.4 Å². The third-order valence-electron chi connectivity index (χ3n) is 3.32. The fourth-order valence-corrected chi connectivity index (χ4v) is 2.97. The molecule has 0 saturated carbocycles. The molecule has 1 aromatic heterocycles. The first-order valence-electron chi connectivity index (χ1n) is 7.89. The van der Waals surface area contributed by atoms with Crippen LogP contribution in [-0.4, -0.2) is 16.6 Å². The number of benzene rings is 2. The first-order chi connectivity index (χ1) is 12.3. The van der Waals surface area contributed by atoms with E-state index in [0.717, 1.165) is 22.8 Å². The molecule has 4 nitrogen and oxygen atoms in total. The Morgan fingerprint density at radius 1 is 1.00 bits per heavy atom. The number of carbonyl (C=O) groups excluding carboxylic acids is 1. The summed E-state index contributed by atoms with van der Waals surface area (Å²) in [5, 5.41) is 2.90. The van der Waals surface area contributed by atoms with Gasteiger partial charge in [-0.15, -0.1) is 11.8 Å². The van der Waals surface area contributed by atoms with Gasteiger partial charge in [-0.25, -0.2) is 0 Å². The van der Waals surface area contributed by atoms with Gasteiger partial charge >= 0.3 is 0 Å². The first kappa shape index (κ1) is 17.0.